The van der Waals surface area contributed by atoms with Crippen molar-refractivity contribution in [3.8, 4) is 17.1 Å². The molecule has 0 bridgehead atoms. The van der Waals surface area contributed by atoms with E-state index in [1.54, 1.807) is 13.3 Å². The predicted molar refractivity (Wildman–Crippen MR) is 176 cm³/mol. The minimum absolute atomic E-state index is 0.278. The Morgan fingerprint density at radius 1 is 0.909 bits per heavy atom. The summed E-state index contributed by atoms with van der Waals surface area (Å²) in [5, 5.41) is 4.28. The molecule has 9 nitrogen and oxygen atoms in total. The minimum atomic E-state index is 0.278. The molecule has 2 fully saturated rings. The summed E-state index contributed by atoms with van der Waals surface area (Å²) < 4.78 is 5.29. The van der Waals surface area contributed by atoms with Crippen LogP contribution in [0.15, 0.2) is 79.3 Å². The van der Waals surface area contributed by atoms with Crippen molar-refractivity contribution in [2.45, 2.75) is 25.6 Å². The lowest BCUT2D eigenvalue weighted by molar-refractivity contribution is 0.249. The number of nitrogens with zero attached hydrogens (tertiary/aromatic N) is 6. The fourth-order valence-corrected chi connectivity index (χ4v) is 6.43. The van der Waals surface area contributed by atoms with Crippen LogP contribution in [0, 0.1) is 0 Å². The molecule has 0 radical (unpaired) electrons. The summed E-state index contributed by atoms with van der Waals surface area (Å²) >= 11 is 6.68. The minimum Gasteiger partial charge on any atom is -0.497 e. The highest BCUT2D eigenvalue weighted by molar-refractivity contribution is 6.34. The van der Waals surface area contributed by atoms with Crippen LogP contribution in [-0.2, 0) is 13.1 Å². The Balaban J connectivity index is 0.990. The standard InChI is InChI=1S/C34H37ClN8O/c1-44-29-10-4-24(5-11-29)21-42-14-12-27(23-42)38-31-30(35)20-37-34-32(31)39-33(40-34)26-6-8-28(9-7-26)43-17-15-41(16-18-43)22-25-3-2-13-36-19-25/h2-11,13,19-20,27H,12,14-18,21-23H2,1H3,(H2,37,38,39,40). The third-order valence-electron chi connectivity index (χ3n) is 8.66. The van der Waals surface area contributed by atoms with Gasteiger partial charge in [0.25, 0.3) is 0 Å². The first kappa shape index (κ1) is 28.6. The highest BCUT2D eigenvalue weighted by Crippen LogP contribution is 2.33. The number of piperazine rings is 1. The zero-order chi connectivity index (χ0) is 29.9. The number of aromatic amines is 1. The molecule has 1 unspecified atom stereocenters. The summed E-state index contributed by atoms with van der Waals surface area (Å²) in [6.07, 6.45) is 6.52. The smallest absolute Gasteiger partial charge is 0.159 e. The molecule has 0 amide bonds. The Labute approximate surface area is 262 Å². The number of anilines is 2. The van der Waals surface area contributed by atoms with Crippen LogP contribution < -0.4 is 15.0 Å². The molecule has 1 atom stereocenters. The van der Waals surface area contributed by atoms with E-state index in [2.05, 4.69) is 77.4 Å². The fraction of sp³-hybridized carbons (Fsp3) is 0.324. The van der Waals surface area contributed by atoms with Gasteiger partial charge in [-0.25, -0.2) is 9.97 Å². The number of benzene rings is 2. The van der Waals surface area contributed by atoms with Crippen LogP contribution >= 0.6 is 11.6 Å². The number of aromatic nitrogens is 4. The summed E-state index contributed by atoms with van der Waals surface area (Å²) in [6, 6.07) is 21.4. The van der Waals surface area contributed by atoms with Crippen molar-refractivity contribution in [1.82, 2.24) is 29.7 Å². The van der Waals surface area contributed by atoms with Gasteiger partial charge < -0.3 is 19.9 Å². The molecule has 2 aliphatic heterocycles. The average Bonchev–Trinajstić information content (AvgIpc) is 3.71. The van der Waals surface area contributed by atoms with Crippen molar-refractivity contribution in [2.24, 2.45) is 0 Å². The molecule has 2 N–H and O–H groups in total. The summed E-state index contributed by atoms with van der Waals surface area (Å²) in [5.74, 6) is 1.67. The van der Waals surface area contributed by atoms with Crippen molar-refractivity contribution in [3.63, 3.8) is 0 Å². The second-order valence-corrected chi connectivity index (χ2v) is 12.1. The van der Waals surface area contributed by atoms with E-state index in [1.807, 2.05) is 30.6 Å². The molecule has 44 heavy (non-hydrogen) atoms. The van der Waals surface area contributed by atoms with Crippen molar-refractivity contribution >= 4 is 34.1 Å². The lowest BCUT2D eigenvalue weighted by Gasteiger charge is -2.36. The van der Waals surface area contributed by atoms with Gasteiger partial charge in [0.2, 0.25) is 0 Å². The van der Waals surface area contributed by atoms with Crippen molar-refractivity contribution in [1.29, 1.82) is 0 Å². The highest BCUT2D eigenvalue weighted by Gasteiger charge is 2.25. The van der Waals surface area contributed by atoms with Crippen LogP contribution in [0.5, 0.6) is 5.75 Å². The number of nitrogens with one attached hydrogen (secondary N) is 2. The van der Waals surface area contributed by atoms with Gasteiger partial charge in [-0.05, 0) is 60.0 Å². The number of H-pyrrole nitrogens is 1. The first-order valence-electron chi connectivity index (χ1n) is 15.2. The van der Waals surface area contributed by atoms with Gasteiger partial charge in [-0.15, -0.1) is 0 Å². The number of halogens is 1. The number of pyridine rings is 2. The molecule has 7 rings (SSSR count). The maximum atomic E-state index is 6.68. The van der Waals surface area contributed by atoms with Crippen molar-refractivity contribution < 1.29 is 4.74 Å². The number of methoxy groups -OCH3 is 1. The van der Waals surface area contributed by atoms with Gasteiger partial charge in [0, 0.05) is 82.0 Å². The number of ether oxygens (including phenoxy) is 1. The predicted octanol–water partition coefficient (Wildman–Crippen LogP) is 5.69. The molecular weight excluding hydrogens is 572 g/mol. The second kappa shape index (κ2) is 12.8. The van der Waals surface area contributed by atoms with E-state index in [1.165, 1.54) is 16.8 Å². The number of fused-ring (bicyclic) bond motifs is 1. The van der Waals surface area contributed by atoms with Crippen LogP contribution in [-0.4, -0.2) is 82.2 Å². The third-order valence-corrected chi connectivity index (χ3v) is 8.95. The molecule has 0 aliphatic carbocycles. The molecule has 10 heteroatoms. The number of hydrogen-bond acceptors (Lipinski definition) is 8. The molecule has 3 aromatic heterocycles. The summed E-state index contributed by atoms with van der Waals surface area (Å²) in [7, 11) is 1.69. The van der Waals surface area contributed by atoms with Gasteiger partial charge in [0.05, 0.1) is 24.0 Å². The molecular formula is C34H37ClN8O. The lowest BCUT2D eigenvalue weighted by atomic mass is 10.1. The van der Waals surface area contributed by atoms with Crippen LogP contribution in [0.2, 0.25) is 5.02 Å². The SMILES string of the molecule is COc1ccc(CN2CCC(Nc3c(Cl)cnc4[nH]c(-c5ccc(N6CCN(Cc7cccnc7)CC6)cc5)nc34)C2)cc1. The number of imidazole rings is 1. The van der Waals surface area contributed by atoms with Gasteiger partial charge in [-0.3, -0.25) is 14.8 Å². The topological polar surface area (TPSA) is 85.4 Å². The summed E-state index contributed by atoms with van der Waals surface area (Å²) in [4.78, 5) is 24.6. The molecule has 5 heterocycles. The van der Waals surface area contributed by atoms with Gasteiger partial charge in [-0.2, -0.15) is 0 Å². The van der Waals surface area contributed by atoms with E-state index in [0.29, 0.717) is 5.02 Å². The number of hydrogen-bond donors (Lipinski definition) is 2. The van der Waals surface area contributed by atoms with E-state index < -0.39 is 0 Å². The normalized spacial score (nSPS) is 17.8. The van der Waals surface area contributed by atoms with E-state index in [-0.39, 0.29) is 6.04 Å². The largest absolute Gasteiger partial charge is 0.497 e. The highest BCUT2D eigenvalue weighted by atomic mass is 35.5. The maximum absolute atomic E-state index is 6.68. The monoisotopic (exact) mass is 608 g/mol. The molecule has 2 aromatic carbocycles. The van der Waals surface area contributed by atoms with E-state index in [4.69, 9.17) is 21.3 Å². The van der Waals surface area contributed by atoms with Crippen molar-refractivity contribution in [3.05, 3.63) is 95.4 Å². The van der Waals surface area contributed by atoms with Crippen LogP contribution in [0.25, 0.3) is 22.6 Å². The Hall–Kier alpha value is -4.18. The summed E-state index contributed by atoms with van der Waals surface area (Å²) in [5.41, 5.74) is 7.15. The second-order valence-electron chi connectivity index (χ2n) is 11.6. The fourth-order valence-electron chi connectivity index (χ4n) is 6.24. The van der Waals surface area contributed by atoms with Crippen LogP contribution in [0.3, 0.4) is 0 Å². The number of rotatable bonds is 9. The first-order valence-corrected chi connectivity index (χ1v) is 15.6. The van der Waals surface area contributed by atoms with E-state index >= 15 is 0 Å². The van der Waals surface area contributed by atoms with Gasteiger partial charge in [0.15, 0.2) is 5.65 Å². The molecule has 0 spiro atoms. The van der Waals surface area contributed by atoms with Gasteiger partial charge >= 0.3 is 0 Å². The average molecular weight is 609 g/mol. The first-order chi connectivity index (χ1) is 21.6. The quantitative estimate of drug-likeness (QED) is 0.221. The maximum Gasteiger partial charge on any atom is 0.159 e. The van der Waals surface area contributed by atoms with Crippen molar-refractivity contribution in [2.75, 3.05) is 56.6 Å². The Kier molecular flexibility index (Phi) is 8.33. The Morgan fingerprint density at radius 2 is 1.70 bits per heavy atom. The van der Waals surface area contributed by atoms with Crippen LogP contribution in [0.4, 0.5) is 11.4 Å². The molecule has 0 saturated carbocycles. The Bertz CT molecular complexity index is 1690. The lowest BCUT2D eigenvalue weighted by Crippen LogP contribution is -2.45. The molecule has 2 saturated heterocycles. The zero-order valence-corrected chi connectivity index (χ0v) is 25.7. The zero-order valence-electron chi connectivity index (χ0n) is 24.9. The molecule has 2 aliphatic rings. The Morgan fingerprint density at radius 3 is 2.45 bits per heavy atom. The van der Waals surface area contributed by atoms with E-state index in [0.717, 1.165) is 92.8 Å². The molecule has 5 aromatic rings. The van der Waals surface area contributed by atoms with Gasteiger partial charge in [-0.1, -0.05) is 29.8 Å². The third kappa shape index (κ3) is 6.36. The van der Waals surface area contributed by atoms with Gasteiger partial charge in [0.1, 0.15) is 17.1 Å². The van der Waals surface area contributed by atoms with Crippen LogP contribution in [0.1, 0.15) is 17.5 Å². The summed E-state index contributed by atoms with van der Waals surface area (Å²) in [6.45, 7) is 7.87. The van der Waals surface area contributed by atoms with E-state index in [9.17, 15) is 0 Å². The molecule has 226 valence electrons. The number of likely N-dealkylation sites (tertiary alicyclic amines) is 1.